The van der Waals surface area contributed by atoms with Gasteiger partial charge in [0.05, 0.1) is 11.3 Å². The Morgan fingerprint density at radius 3 is 2.79 bits per heavy atom. The van der Waals surface area contributed by atoms with Crippen LogP contribution in [0.4, 0.5) is 10.1 Å². The maximum Gasteiger partial charge on any atom is 0.255 e. The van der Waals surface area contributed by atoms with Crippen LogP contribution in [0.15, 0.2) is 16.6 Å². The van der Waals surface area contributed by atoms with Crippen LogP contribution in [0, 0.1) is 5.82 Å². The molecule has 2 N–H and O–H groups in total. The minimum atomic E-state index is -0.515. The number of likely N-dealkylation sites (N-methyl/N-ethyl adjacent to an activating group) is 1. The number of carbonyl (C=O) groups is 1. The highest BCUT2D eigenvalue weighted by molar-refractivity contribution is 9.10. The van der Waals surface area contributed by atoms with E-state index in [1.54, 1.807) is 4.90 Å². The number of amides is 1. The maximum absolute atomic E-state index is 13.3. The van der Waals surface area contributed by atoms with Gasteiger partial charge in [0.2, 0.25) is 0 Å². The molecule has 0 radical (unpaired) electrons. The molecule has 0 spiro atoms. The van der Waals surface area contributed by atoms with E-state index in [1.165, 1.54) is 12.1 Å². The molecule has 1 heterocycles. The SMILES string of the molecule is CN1CCCN(C(=O)c2cc(N)c(F)cc2Br)CC1. The quantitative estimate of drug-likeness (QED) is 0.801. The van der Waals surface area contributed by atoms with Crippen molar-refractivity contribution < 1.29 is 9.18 Å². The summed E-state index contributed by atoms with van der Waals surface area (Å²) < 4.78 is 13.7. The van der Waals surface area contributed by atoms with Crippen molar-refractivity contribution in [3.8, 4) is 0 Å². The third kappa shape index (κ3) is 3.25. The second-order valence-corrected chi connectivity index (χ2v) is 5.66. The zero-order chi connectivity index (χ0) is 14.0. The van der Waals surface area contributed by atoms with E-state index in [4.69, 9.17) is 5.73 Å². The van der Waals surface area contributed by atoms with Gasteiger partial charge in [0.1, 0.15) is 5.82 Å². The molecule has 1 saturated heterocycles. The van der Waals surface area contributed by atoms with E-state index in [1.807, 2.05) is 7.05 Å². The van der Waals surface area contributed by atoms with Crippen molar-refractivity contribution in [2.45, 2.75) is 6.42 Å². The van der Waals surface area contributed by atoms with Gasteiger partial charge in [-0.25, -0.2) is 4.39 Å². The van der Waals surface area contributed by atoms with Gasteiger partial charge in [-0.3, -0.25) is 4.79 Å². The molecule has 0 aromatic heterocycles. The van der Waals surface area contributed by atoms with Crippen molar-refractivity contribution in [2.24, 2.45) is 0 Å². The number of hydrogen-bond donors (Lipinski definition) is 1. The van der Waals surface area contributed by atoms with Gasteiger partial charge in [0.25, 0.3) is 5.91 Å². The molecule has 0 saturated carbocycles. The largest absolute Gasteiger partial charge is 0.396 e. The van der Waals surface area contributed by atoms with Gasteiger partial charge in [-0.15, -0.1) is 0 Å². The summed E-state index contributed by atoms with van der Waals surface area (Å²) in [6.07, 6.45) is 0.941. The number of anilines is 1. The minimum Gasteiger partial charge on any atom is -0.396 e. The van der Waals surface area contributed by atoms with E-state index >= 15 is 0 Å². The molecule has 19 heavy (non-hydrogen) atoms. The summed E-state index contributed by atoms with van der Waals surface area (Å²) in [5.74, 6) is -0.618. The summed E-state index contributed by atoms with van der Waals surface area (Å²) in [4.78, 5) is 16.4. The Morgan fingerprint density at radius 1 is 1.32 bits per heavy atom. The van der Waals surface area contributed by atoms with Crippen LogP contribution in [-0.4, -0.2) is 48.9 Å². The summed E-state index contributed by atoms with van der Waals surface area (Å²) in [5, 5.41) is 0. The Bertz CT molecular complexity index is 495. The third-order valence-electron chi connectivity index (χ3n) is 3.32. The Hall–Kier alpha value is -1.14. The van der Waals surface area contributed by atoms with E-state index in [0.29, 0.717) is 23.1 Å². The number of hydrogen-bond acceptors (Lipinski definition) is 3. The highest BCUT2D eigenvalue weighted by Gasteiger charge is 2.21. The highest BCUT2D eigenvalue weighted by Crippen LogP contribution is 2.24. The summed E-state index contributed by atoms with van der Waals surface area (Å²) >= 11 is 3.23. The lowest BCUT2D eigenvalue weighted by atomic mass is 10.1. The molecule has 1 amide bonds. The first kappa shape index (κ1) is 14.3. The standard InChI is InChI=1S/C13H17BrFN3O/c1-17-3-2-4-18(6-5-17)13(19)9-7-12(16)11(15)8-10(9)14/h7-8H,2-6,16H2,1H3. The van der Waals surface area contributed by atoms with E-state index in [9.17, 15) is 9.18 Å². The topological polar surface area (TPSA) is 49.6 Å². The molecular formula is C13H17BrFN3O. The van der Waals surface area contributed by atoms with Crippen LogP contribution in [0.5, 0.6) is 0 Å². The fourth-order valence-electron chi connectivity index (χ4n) is 2.15. The van der Waals surface area contributed by atoms with E-state index < -0.39 is 5.82 Å². The average Bonchev–Trinajstić information content (AvgIpc) is 2.58. The van der Waals surface area contributed by atoms with Crippen LogP contribution >= 0.6 is 15.9 Å². The average molecular weight is 330 g/mol. The van der Waals surface area contributed by atoms with Gasteiger partial charge >= 0.3 is 0 Å². The van der Waals surface area contributed by atoms with E-state index in [-0.39, 0.29) is 11.6 Å². The first-order chi connectivity index (χ1) is 8.99. The Balaban J connectivity index is 2.21. The van der Waals surface area contributed by atoms with Gasteiger partial charge in [0.15, 0.2) is 0 Å². The summed E-state index contributed by atoms with van der Waals surface area (Å²) in [6.45, 7) is 3.22. The first-order valence-electron chi connectivity index (χ1n) is 6.21. The monoisotopic (exact) mass is 329 g/mol. The molecule has 0 unspecified atom stereocenters. The zero-order valence-electron chi connectivity index (χ0n) is 10.8. The second kappa shape index (κ2) is 5.88. The molecule has 1 aliphatic heterocycles. The molecule has 1 aliphatic rings. The number of rotatable bonds is 1. The van der Waals surface area contributed by atoms with Crippen LogP contribution in [0.1, 0.15) is 16.8 Å². The first-order valence-corrected chi connectivity index (χ1v) is 7.00. The van der Waals surface area contributed by atoms with Crippen molar-refractivity contribution in [1.29, 1.82) is 0 Å². The predicted octanol–water partition coefficient (Wildman–Crippen LogP) is 1.95. The molecular weight excluding hydrogens is 313 g/mol. The smallest absolute Gasteiger partial charge is 0.255 e. The van der Waals surface area contributed by atoms with Crippen LogP contribution < -0.4 is 5.73 Å². The van der Waals surface area contributed by atoms with Crippen molar-refractivity contribution in [3.05, 3.63) is 28.0 Å². The molecule has 0 atom stereocenters. The lowest BCUT2D eigenvalue weighted by Gasteiger charge is -2.21. The molecule has 1 aromatic carbocycles. The maximum atomic E-state index is 13.3. The number of benzene rings is 1. The summed E-state index contributed by atoms with van der Waals surface area (Å²) in [6, 6.07) is 2.64. The van der Waals surface area contributed by atoms with Crippen molar-refractivity contribution in [3.63, 3.8) is 0 Å². The van der Waals surface area contributed by atoms with Crippen molar-refractivity contribution >= 4 is 27.5 Å². The number of carbonyl (C=O) groups excluding carboxylic acids is 1. The Labute approximate surface area is 120 Å². The number of nitrogen functional groups attached to an aromatic ring is 1. The molecule has 6 heteroatoms. The lowest BCUT2D eigenvalue weighted by molar-refractivity contribution is 0.0762. The highest BCUT2D eigenvalue weighted by atomic mass is 79.9. The van der Waals surface area contributed by atoms with Crippen LogP contribution in [-0.2, 0) is 0 Å². The predicted molar refractivity (Wildman–Crippen MR) is 76.5 cm³/mol. The fourth-order valence-corrected chi connectivity index (χ4v) is 2.63. The summed E-state index contributed by atoms with van der Waals surface area (Å²) in [5.41, 5.74) is 5.95. The van der Waals surface area contributed by atoms with Gasteiger partial charge in [-0.2, -0.15) is 0 Å². The van der Waals surface area contributed by atoms with Crippen molar-refractivity contribution in [2.75, 3.05) is 39.0 Å². The Kier molecular flexibility index (Phi) is 4.42. The Morgan fingerprint density at radius 2 is 2.05 bits per heavy atom. The molecule has 0 bridgehead atoms. The number of halogens is 2. The minimum absolute atomic E-state index is 0.00140. The van der Waals surface area contributed by atoms with Crippen LogP contribution in [0.3, 0.4) is 0 Å². The lowest BCUT2D eigenvalue weighted by Crippen LogP contribution is -2.34. The van der Waals surface area contributed by atoms with Crippen LogP contribution in [0.25, 0.3) is 0 Å². The van der Waals surface area contributed by atoms with E-state index in [2.05, 4.69) is 20.8 Å². The molecule has 104 valence electrons. The zero-order valence-corrected chi connectivity index (χ0v) is 12.4. The van der Waals surface area contributed by atoms with Gasteiger partial charge in [-0.05, 0) is 48.1 Å². The fraction of sp³-hybridized carbons (Fsp3) is 0.462. The number of nitrogens with zero attached hydrogens (tertiary/aromatic N) is 2. The number of nitrogens with two attached hydrogens (primary N) is 1. The van der Waals surface area contributed by atoms with Gasteiger partial charge in [-0.1, -0.05) is 0 Å². The van der Waals surface area contributed by atoms with E-state index in [0.717, 1.165) is 19.5 Å². The molecule has 1 aromatic rings. The normalized spacial score (nSPS) is 17.3. The third-order valence-corrected chi connectivity index (χ3v) is 3.98. The molecule has 0 aliphatic carbocycles. The van der Waals surface area contributed by atoms with Gasteiger partial charge in [0, 0.05) is 24.1 Å². The van der Waals surface area contributed by atoms with Crippen LogP contribution in [0.2, 0.25) is 0 Å². The molecule has 1 fully saturated rings. The molecule has 4 nitrogen and oxygen atoms in total. The molecule has 2 rings (SSSR count). The van der Waals surface area contributed by atoms with Gasteiger partial charge < -0.3 is 15.5 Å². The summed E-state index contributed by atoms with van der Waals surface area (Å²) in [7, 11) is 2.04. The van der Waals surface area contributed by atoms with Crippen molar-refractivity contribution in [1.82, 2.24) is 9.80 Å². The second-order valence-electron chi connectivity index (χ2n) is 4.80.